The van der Waals surface area contributed by atoms with E-state index in [-0.39, 0.29) is 23.9 Å². The van der Waals surface area contributed by atoms with Crippen LogP contribution in [-0.2, 0) is 4.84 Å². The number of nitrogens with zero attached hydrogens (tertiary/aromatic N) is 2. The van der Waals surface area contributed by atoms with Crippen LogP contribution in [-0.4, -0.2) is 22.6 Å². The number of benzene rings is 2. The average Bonchev–Trinajstić information content (AvgIpc) is 3.24. The van der Waals surface area contributed by atoms with Crippen molar-refractivity contribution in [2.75, 3.05) is 0 Å². The molecule has 0 bridgehead atoms. The Bertz CT molecular complexity index is 1140. The minimum absolute atomic E-state index is 0.0162. The molecule has 0 saturated carbocycles. The molecule has 1 aliphatic rings. The summed E-state index contributed by atoms with van der Waals surface area (Å²) in [5.74, 6) is -0.542. The van der Waals surface area contributed by atoms with Crippen LogP contribution in [0.1, 0.15) is 53.6 Å². The second-order valence-electron chi connectivity index (χ2n) is 8.01. The first-order valence-corrected chi connectivity index (χ1v) is 10.3. The number of pyridine rings is 1. The van der Waals surface area contributed by atoms with Crippen molar-refractivity contribution in [3.8, 4) is 11.1 Å². The fraction of sp³-hybridized carbons (Fsp3) is 0.240. The normalized spacial score (nSPS) is 15.5. The zero-order valence-electron chi connectivity index (χ0n) is 17.7. The van der Waals surface area contributed by atoms with Crippen molar-refractivity contribution in [2.24, 2.45) is 5.16 Å². The standard InChI is InChI=1S/C25H24FN3O2/c1-15(2)28-25(30)19-12-17(20-8-7-16(3)10-21(20)26)11-18(13-19)24-14-23(29-31-24)22-6-4-5-9-27-22/h4-13,15,24H,14H2,1-3H3,(H,28,30). The Morgan fingerprint density at radius 2 is 2.00 bits per heavy atom. The van der Waals surface area contributed by atoms with Gasteiger partial charge in [0.1, 0.15) is 11.5 Å². The van der Waals surface area contributed by atoms with Gasteiger partial charge in [-0.2, -0.15) is 0 Å². The van der Waals surface area contributed by atoms with Gasteiger partial charge in [0.2, 0.25) is 0 Å². The van der Waals surface area contributed by atoms with E-state index in [9.17, 15) is 9.18 Å². The summed E-state index contributed by atoms with van der Waals surface area (Å²) in [7, 11) is 0. The van der Waals surface area contributed by atoms with Crippen molar-refractivity contribution in [3.05, 3.63) is 89.0 Å². The third-order valence-electron chi connectivity index (χ3n) is 5.07. The van der Waals surface area contributed by atoms with Gasteiger partial charge in [-0.15, -0.1) is 0 Å². The van der Waals surface area contributed by atoms with E-state index >= 15 is 0 Å². The molecule has 1 aliphatic heterocycles. The van der Waals surface area contributed by atoms with Crippen molar-refractivity contribution in [2.45, 2.75) is 39.3 Å². The molecule has 1 atom stereocenters. The second-order valence-corrected chi connectivity index (χ2v) is 8.01. The molecule has 0 saturated heterocycles. The first-order valence-electron chi connectivity index (χ1n) is 10.3. The summed E-state index contributed by atoms with van der Waals surface area (Å²) in [5.41, 5.74) is 4.61. The van der Waals surface area contributed by atoms with Gasteiger partial charge in [0.05, 0.1) is 5.69 Å². The number of aromatic nitrogens is 1. The van der Waals surface area contributed by atoms with Gasteiger partial charge in [-0.05, 0) is 73.9 Å². The molecule has 5 nitrogen and oxygen atoms in total. The number of nitrogens with one attached hydrogen (secondary N) is 1. The topological polar surface area (TPSA) is 63.6 Å². The lowest BCUT2D eigenvalue weighted by Gasteiger charge is -2.15. The quantitative estimate of drug-likeness (QED) is 0.621. The number of rotatable bonds is 5. The lowest BCUT2D eigenvalue weighted by Crippen LogP contribution is -2.30. The molecule has 158 valence electrons. The molecule has 1 amide bonds. The molecule has 6 heteroatoms. The van der Waals surface area contributed by atoms with Gasteiger partial charge < -0.3 is 10.2 Å². The van der Waals surface area contributed by atoms with E-state index in [1.165, 1.54) is 6.07 Å². The van der Waals surface area contributed by atoms with E-state index in [1.54, 1.807) is 24.4 Å². The van der Waals surface area contributed by atoms with Crippen LogP contribution >= 0.6 is 0 Å². The van der Waals surface area contributed by atoms with Crippen molar-refractivity contribution < 1.29 is 14.0 Å². The Labute approximate surface area is 181 Å². The number of hydrogen-bond acceptors (Lipinski definition) is 4. The molecule has 2 heterocycles. The van der Waals surface area contributed by atoms with E-state index in [0.29, 0.717) is 23.1 Å². The van der Waals surface area contributed by atoms with Crippen molar-refractivity contribution in [1.82, 2.24) is 10.3 Å². The molecular weight excluding hydrogens is 393 g/mol. The van der Waals surface area contributed by atoms with Gasteiger partial charge in [0.25, 0.3) is 5.91 Å². The minimum atomic E-state index is -0.379. The molecule has 0 fully saturated rings. The lowest BCUT2D eigenvalue weighted by atomic mass is 9.94. The van der Waals surface area contributed by atoms with Crippen LogP contribution in [0, 0.1) is 12.7 Å². The van der Waals surface area contributed by atoms with E-state index in [2.05, 4.69) is 15.5 Å². The maximum atomic E-state index is 14.7. The minimum Gasteiger partial charge on any atom is -0.387 e. The molecular formula is C25H24FN3O2. The van der Waals surface area contributed by atoms with Crippen LogP contribution in [0.2, 0.25) is 0 Å². The average molecular weight is 417 g/mol. The fourth-order valence-corrected chi connectivity index (χ4v) is 3.56. The molecule has 31 heavy (non-hydrogen) atoms. The molecule has 1 unspecified atom stereocenters. The first-order chi connectivity index (χ1) is 14.9. The van der Waals surface area contributed by atoms with Gasteiger partial charge in [-0.25, -0.2) is 4.39 Å². The summed E-state index contributed by atoms with van der Waals surface area (Å²) in [6, 6.07) is 16.0. The summed E-state index contributed by atoms with van der Waals surface area (Å²) in [6.07, 6.45) is 1.85. The highest BCUT2D eigenvalue weighted by Gasteiger charge is 2.26. The van der Waals surface area contributed by atoms with Crippen molar-refractivity contribution in [1.29, 1.82) is 0 Å². The highest BCUT2D eigenvalue weighted by molar-refractivity contribution is 6.00. The summed E-state index contributed by atoms with van der Waals surface area (Å²) >= 11 is 0. The van der Waals surface area contributed by atoms with Gasteiger partial charge >= 0.3 is 0 Å². The molecule has 0 radical (unpaired) electrons. The van der Waals surface area contributed by atoms with Crippen LogP contribution in [0.5, 0.6) is 0 Å². The molecule has 3 aromatic rings. The Hall–Kier alpha value is -3.54. The highest BCUT2D eigenvalue weighted by atomic mass is 19.1. The Balaban J connectivity index is 1.71. The predicted molar refractivity (Wildman–Crippen MR) is 118 cm³/mol. The highest BCUT2D eigenvalue weighted by Crippen LogP contribution is 2.34. The lowest BCUT2D eigenvalue weighted by molar-refractivity contribution is 0.0854. The fourth-order valence-electron chi connectivity index (χ4n) is 3.56. The van der Waals surface area contributed by atoms with Gasteiger partial charge in [0, 0.05) is 29.8 Å². The number of hydrogen-bond donors (Lipinski definition) is 1. The summed E-state index contributed by atoms with van der Waals surface area (Å²) in [5, 5.41) is 7.10. The van der Waals surface area contributed by atoms with Gasteiger partial charge in [0.15, 0.2) is 6.10 Å². The third-order valence-corrected chi connectivity index (χ3v) is 5.07. The summed E-state index contributed by atoms with van der Waals surface area (Å²) < 4.78 is 14.7. The summed E-state index contributed by atoms with van der Waals surface area (Å²) in [4.78, 5) is 22.8. The predicted octanol–water partition coefficient (Wildman–Crippen LogP) is 5.20. The smallest absolute Gasteiger partial charge is 0.251 e. The maximum absolute atomic E-state index is 14.7. The molecule has 0 aliphatic carbocycles. The molecule has 0 spiro atoms. The van der Waals surface area contributed by atoms with E-state index in [0.717, 1.165) is 22.5 Å². The van der Waals surface area contributed by atoms with Gasteiger partial charge in [-0.1, -0.05) is 23.4 Å². The van der Waals surface area contributed by atoms with Crippen LogP contribution in [0.15, 0.2) is 65.9 Å². The number of carbonyl (C=O) groups excluding carboxylic acids is 1. The van der Waals surface area contributed by atoms with Crippen molar-refractivity contribution in [3.63, 3.8) is 0 Å². The van der Waals surface area contributed by atoms with Gasteiger partial charge in [-0.3, -0.25) is 9.78 Å². The number of halogens is 1. The zero-order chi connectivity index (χ0) is 22.0. The number of amides is 1. The Kier molecular flexibility index (Phi) is 5.80. The second kappa shape index (κ2) is 8.68. The number of aryl methyl sites for hydroxylation is 1. The van der Waals surface area contributed by atoms with Crippen LogP contribution < -0.4 is 5.32 Å². The van der Waals surface area contributed by atoms with Crippen molar-refractivity contribution >= 4 is 11.6 Å². The van der Waals surface area contributed by atoms with E-state index < -0.39 is 0 Å². The van der Waals surface area contributed by atoms with E-state index in [1.807, 2.05) is 51.1 Å². The molecule has 2 aromatic carbocycles. The van der Waals surface area contributed by atoms with E-state index in [4.69, 9.17) is 4.84 Å². The van der Waals surface area contributed by atoms with Crippen LogP contribution in [0.25, 0.3) is 11.1 Å². The third kappa shape index (κ3) is 4.63. The number of oxime groups is 1. The summed E-state index contributed by atoms with van der Waals surface area (Å²) in [6.45, 7) is 5.64. The SMILES string of the molecule is Cc1ccc(-c2cc(C(=O)NC(C)C)cc(C3CC(c4ccccn4)=NO3)c2)c(F)c1. The largest absolute Gasteiger partial charge is 0.387 e. The zero-order valence-corrected chi connectivity index (χ0v) is 17.7. The first kappa shape index (κ1) is 20.7. The molecule has 1 N–H and O–H groups in total. The Morgan fingerprint density at radius 1 is 1.16 bits per heavy atom. The van der Waals surface area contributed by atoms with Crippen LogP contribution in [0.4, 0.5) is 4.39 Å². The number of carbonyl (C=O) groups is 1. The van der Waals surface area contributed by atoms with Crippen LogP contribution in [0.3, 0.4) is 0 Å². The Morgan fingerprint density at radius 3 is 2.71 bits per heavy atom. The molecule has 4 rings (SSSR count). The molecule has 1 aromatic heterocycles. The maximum Gasteiger partial charge on any atom is 0.251 e. The monoisotopic (exact) mass is 417 g/mol.